The first kappa shape index (κ1) is 12.2. The summed E-state index contributed by atoms with van der Waals surface area (Å²) in [5.74, 6) is 0. The highest BCUT2D eigenvalue weighted by molar-refractivity contribution is 5.05. The van der Waals surface area contributed by atoms with E-state index in [1.165, 1.54) is 69.9 Å². The highest BCUT2D eigenvalue weighted by Crippen LogP contribution is 2.27. The lowest BCUT2D eigenvalue weighted by Crippen LogP contribution is -2.17. The van der Waals surface area contributed by atoms with E-state index in [1.54, 1.807) is 0 Å². The van der Waals surface area contributed by atoms with Crippen LogP contribution in [0.3, 0.4) is 0 Å². The van der Waals surface area contributed by atoms with Crippen molar-refractivity contribution in [2.24, 2.45) is 0 Å². The molecule has 3 nitrogen and oxygen atoms in total. The molecule has 2 aliphatic rings. The second-order valence-electron chi connectivity index (χ2n) is 5.95. The number of nitrogens with one attached hydrogen (secondary N) is 1. The summed E-state index contributed by atoms with van der Waals surface area (Å²) in [6, 6.07) is 1.52. The molecule has 3 rings (SSSR count). The van der Waals surface area contributed by atoms with Gasteiger partial charge in [-0.15, -0.1) is 0 Å². The second-order valence-corrected chi connectivity index (χ2v) is 5.95. The molecular weight excluding hydrogens is 222 g/mol. The first-order valence-corrected chi connectivity index (χ1v) is 7.68. The summed E-state index contributed by atoms with van der Waals surface area (Å²) in [5, 5.41) is 8.13. The maximum absolute atomic E-state index is 4.56. The molecule has 0 saturated heterocycles. The number of hydrogen-bond acceptors (Lipinski definition) is 2. The zero-order chi connectivity index (χ0) is 12.2. The van der Waals surface area contributed by atoms with Gasteiger partial charge in [0.2, 0.25) is 0 Å². The number of hydrogen-bond donors (Lipinski definition) is 1. The highest BCUT2D eigenvalue weighted by Gasteiger charge is 2.19. The summed E-state index contributed by atoms with van der Waals surface area (Å²) in [6.07, 6.45) is 16.4. The zero-order valence-corrected chi connectivity index (χ0v) is 11.3. The number of aromatic nitrogens is 2. The summed E-state index contributed by atoms with van der Waals surface area (Å²) in [5.41, 5.74) is 1.41. The average molecular weight is 247 g/mol. The largest absolute Gasteiger partial charge is 0.314 e. The van der Waals surface area contributed by atoms with Gasteiger partial charge in [-0.05, 0) is 50.6 Å². The molecule has 2 saturated carbocycles. The molecule has 0 bridgehead atoms. The van der Waals surface area contributed by atoms with Crippen molar-refractivity contribution in [3.63, 3.8) is 0 Å². The van der Waals surface area contributed by atoms with Crippen LogP contribution in [0.15, 0.2) is 12.4 Å². The molecule has 1 aromatic rings. The smallest absolute Gasteiger partial charge is 0.0521 e. The monoisotopic (exact) mass is 247 g/mol. The number of nitrogens with zero attached hydrogens (tertiary/aromatic N) is 2. The topological polar surface area (TPSA) is 29.9 Å². The van der Waals surface area contributed by atoms with E-state index in [2.05, 4.69) is 27.5 Å². The Morgan fingerprint density at radius 3 is 2.78 bits per heavy atom. The first-order chi connectivity index (χ1) is 8.92. The summed E-state index contributed by atoms with van der Waals surface area (Å²) in [4.78, 5) is 0. The molecule has 0 aromatic carbocycles. The fraction of sp³-hybridized carbons (Fsp3) is 0.800. The average Bonchev–Trinajstić information content (AvgIpc) is 3.12. The van der Waals surface area contributed by atoms with Crippen LogP contribution in [-0.2, 0) is 6.42 Å². The lowest BCUT2D eigenvalue weighted by Gasteiger charge is -2.21. The Labute approximate surface area is 110 Å². The van der Waals surface area contributed by atoms with Gasteiger partial charge in [0.25, 0.3) is 0 Å². The van der Waals surface area contributed by atoms with Gasteiger partial charge in [0, 0.05) is 12.2 Å². The predicted octanol–water partition coefficient (Wildman–Crippen LogP) is 3.07. The maximum Gasteiger partial charge on any atom is 0.0521 e. The SMILES string of the molecule is c1nn(C2CCCCC2)cc1CCCNC1CC1. The normalized spacial score (nSPS) is 21.3. The van der Waals surface area contributed by atoms with Crippen LogP contribution in [-0.4, -0.2) is 22.4 Å². The summed E-state index contributed by atoms with van der Waals surface area (Å²) < 4.78 is 2.23. The van der Waals surface area contributed by atoms with Crippen LogP contribution in [0.1, 0.15) is 63.0 Å². The molecule has 100 valence electrons. The van der Waals surface area contributed by atoms with Gasteiger partial charge in [0.05, 0.1) is 12.2 Å². The molecular formula is C15H25N3. The number of rotatable bonds is 6. The van der Waals surface area contributed by atoms with Gasteiger partial charge in [-0.25, -0.2) is 0 Å². The molecule has 0 spiro atoms. The van der Waals surface area contributed by atoms with Crippen molar-refractivity contribution in [3.8, 4) is 0 Å². The molecule has 0 unspecified atom stereocenters. The van der Waals surface area contributed by atoms with Gasteiger partial charge >= 0.3 is 0 Å². The lowest BCUT2D eigenvalue weighted by atomic mass is 9.96. The third kappa shape index (κ3) is 3.35. The van der Waals surface area contributed by atoms with Gasteiger partial charge in [-0.3, -0.25) is 4.68 Å². The van der Waals surface area contributed by atoms with Crippen molar-refractivity contribution in [2.75, 3.05) is 6.54 Å². The fourth-order valence-corrected chi connectivity index (χ4v) is 2.94. The summed E-state index contributed by atoms with van der Waals surface area (Å²) in [7, 11) is 0. The van der Waals surface area contributed by atoms with E-state index in [0.717, 1.165) is 6.04 Å². The Balaban J connectivity index is 1.43. The number of aryl methyl sites for hydroxylation is 1. The van der Waals surface area contributed by atoms with E-state index in [4.69, 9.17) is 0 Å². The standard InChI is InChI=1S/C15H25N3/c1-2-6-15(7-3-1)18-12-13(11-17-18)5-4-10-16-14-8-9-14/h11-12,14-16H,1-10H2. The lowest BCUT2D eigenvalue weighted by molar-refractivity contribution is 0.329. The molecule has 0 radical (unpaired) electrons. The molecule has 2 aliphatic carbocycles. The molecule has 1 heterocycles. The van der Waals surface area contributed by atoms with Gasteiger partial charge < -0.3 is 5.32 Å². The Kier molecular flexibility index (Phi) is 3.99. The first-order valence-electron chi connectivity index (χ1n) is 7.68. The highest BCUT2D eigenvalue weighted by atomic mass is 15.3. The van der Waals surface area contributed by atoms with E-state index >= 15 is 0 Å². The molecule has 0 aliphatic heterocycles. The zero-order valence-electron chi connectivity index (χ0n) is 11.3. The van der Waals surface area contributed by atoms with Crippen LogP contribution in [0.2, 0.25) is 0 Å². The van der Waals surface area contributed by atoms with Crippen LogP contribution in [0, 0.1) is 0 Å². The molecule has 0 amide bonds. The van der Waals surface area contributed by atoms with Crippen molar-refractivity contribution in [2.45, 2.75) is 69.9 Å². The molecule has 1 N–H and O–H groups in total. The predicted molar refractivity (Wildman–Crippen MR) is 73.7 cm³/mol. The van der Waals surface area contributed by atoms with Crippen molar-refractivity contribution < 1.29 is 0 Å². The van der Waals surface area contributed by atoms with E-state index in [-0.39, 0.29) is 0 Å². The summed E-state index contributed by atoms with van der Waals surface area (Å²) >= 11 is 0. The summed E-state index contributed by atoms with van der Waals surface area (Å²) in [6.45, 7) is 1.17. The van der Waals surface area contributed by atoms with Crippen molar-refractivity contribution in [1.29, 1.82) is 0 Å². The molecule has 3 heteroatoms. The Hall–Kier alpha value is -0.830. The Morgan fingerprint density at radius 1 is 1.17 bits per heavy atom. The van der Waals surface area contributed by atoms with Crippen molar-refractivity contribution in [1.82, 2.24) is 15.1 Å². The van der Waals surface area contributed by atoms with Crippen molar-refractivity contribution >= 4 is 0 Å². The van der Waals surface area contributed by atoms with Crippen LogP contribution in [0.25, 0.3) is 0 Å². The van der Waals surface area contributed by atoms with Gasteiger partial charge in [0.1, 0.15) is 0 Å². The second kappa shape index (κ2) is 5.87. The van der Waals surface area contributed by atoms with Gasteiger partial charge in [-0.2, -0.15) is 5.10 Å². The molecule has 1 aromatic heterocycles. The van der Waals surface area contributed by atoms with Gasteiger partial charge in [0.15, 0.2) is 0 Å². The fourth-order valence-electron chi connectivity index (χ4n) is 2.94. The van der Waals surface area contributed by atoms with Crippen molar-refractivity contribution in [3.05, 3.63) is 18.0 Å². The quantitative estimate of drug-likeness (QED) is 0.783. The third-order valence-electron chi connectivity index (χ3n) is 4.26. The van der Waals surface area contributed by atoms with Crippen LogP contribution in [0.4, 0.5) is 0 Å². The maximum atomic E-state index is 4.56. The van der Waals surface area contributed by atoms with Gasteiger partial charge in [-0.1, -0.05) is 19.3 Å². The Morgan fingerprint density at radius 2 is 2.00 bits per heavy atom. The van der Waals surface area contributed by atoms with E-state index in [0.29, 0.717) is 6.04 Å². The molecule has 18 heavy (non-hydrogen) atoms. The molecule has 0 atom stereocenters. The van der Waals surface area contributed by atoms with E-state index in [1.807, 2.05) is 0 Å². The minimum Gasteiger partial charge on any atom is -0.314 e. The minimum atomic E-state index is 0.678. The van der Waals surface area contributed by atoms with E-state index in [9.17, 15) is 0 Å². The van der Waals surface area contributed by atoms with Crippen LogP contribution in [0.5, 0.6) is 0 Å². The van der Waals surface area contributed by atoms with Crippen LogP contribution < -0.4 is 5.32 Å². The Bertz CT molecular complexity index is 362. The third-order valence-corrected chi connectivity index (χ3v) is 4.26. The van der Waals surface area contributed by atoms with E-state index < -0.39 is 0 Å². The molecule has 2 fully saturated rings. The van der Waals surface area contributed by atoms with Crippen LogP contribution >= 0.6 is 0 Å². The minimum absolute atomic E-state index is 0.678.